The molecule has 0 bridgehead atoms. The van der Waals surface area contributed by atoms with Crippen molar-refractivity contribution in [2.24, 2.45) is 0 Å². The lowest BCUT2D eigenvalue weighted by molar-refractivity contribution is 0.301. The van der Waals surface area contributed by atoms with Gasteiger partial charge in [0.2, 0.25) is 0 Å². The van der Waals surface area contributed by atoms with Gasteiger partial charge in [0.15, 0.2) is 0 Å². The molecule has 1 rings (SSSR count). The summed E-state index contributed by atoms with van der Waals surface area (Å²) in [6.07, 6.45) is 1.23. The topological polar surface area (TPSA) is 18.5 Å². The van der Waals surface area contributed by atoms with Crippen molar-refractivity contribution < 1.29 is 0 Å². The predicted molar refractivity (Wildman–Crippen MR) is 94.2 cm³/mol. The van der Waals surface area contributed by atoms with Crippen LogP contribution < -0.4 is 10.2 Å². The maximum Gasteiger partial charge on any atom is 0.0368 e. The van der Waals surface area contributed by atoms with Gasteiger partial charge in [-0.25, -0.2) is 0 Å². The van der Waals surface area contributed by atoms with Crippen LogP contribution in [-0.2, 0) is 6.54 Å². The standard InChI is InChI=1S/C18H33N3/c1-6-20(7-2)12-9-13-21(8-3)18-11-10-17(15-19-5)16(4)14-18/h10-11,14,19H,6-9,12-13,15H2,1-5H3. The quantitative estimate of drug-likeness (QED) is 0.714. The van der Waals surface area contributed by atoms with Gasteiger partial charge in [0.25, 0.3) is 0 Å². The highest BCUT2D eigenvalue weighted by Crippen LogP contribution is 2.19. The fourth-order valence-electron chi connectivity index (χ4n) is 2.76. The first-order chi connectivity index (χ1) is 10.2. The maximum absolute atomic E-state index is 3.23. The Morgan fingerprint density at radius 2 is 1.71 bits per heavy atom. The largest absolute Gasteiger partial charge is 0.372 e. The van der Waals surface area contributed by atoms with Gasteiger partial charge in [-0.2, -0.15) is 0 Å². The van der Waals surface area contributed by atoms with Crippen molar-refractivity contribution in [2.75, 3.05) is 44.7 Å². The summed E-state index contributed by atoms with van der Waals surface area (Å²) in [6, 6.07) is 6.85. The molecule has 3 heteroatoms. The first-order valence-electron chi connectivity index (χ1n) is 8.37. The third-order valence-electron chi connectivity index (χ3n) is 4.24. The van der Waals surface area contributed by atoms with E-state index in [9.17, 15) is 0 Å². The Labute approximate surface area is 131 Å². The summed E-state index contributed by atoms with van der Waals surface area (Å²) in [5.74, 6) is 0. The second-order valence-corrected chi connectivity index (χ2v) is 5.60. The molecule has 0 spiro atoms. The second kappa shape index (κ2) is 9.80. The van der Waals surface area contributed by atoms with Gasteiger partial charge < -0.3 is 15.1 Å². The maximum atomic E-state index is 3.23. The zero-order chi connectivity index (χ0) is 15.7. The molecule has 1 aromatic rings. The minimum absolute atomic E-state index is 0.945. The number of nitrogens with zero attached hydrogens (tertiary/aromatic N) is 2. The summed E-state index contributed by atoms with van der Waals surface area (Å²) >= 11 is 0. The van der Waals surface area contributed by atoms with Crippen LogP contribution in [0.2, 0.25) is 0 Å². The summed E-state index contributed by atoms with van der Waals surface area (Å²) < 4.78 is 0. The average Bonchev–Trinajstić information content (AvgIpc) is 2.50. The van der Waals surface area contributed by atoms with E-state index in [-0.39, 0.29) is 0 Å². The normalized spacial score (nSPS) is 11.1. The van der Waals surface area contributed by atoms with Crippen LogP contribution in [0.15, 0.2) is 18.2 Å². The highest BCUT2D eigenvalue weighted by molar-refractivity contribution is 5.50. The molecule has 1 aromatic carbocycles. The fourth-order valence-corrected chi connectivity index (χ4v) is 2.76. The van der Waals surface area contributed by atoms with Crippen LogP contribution in [0, 0.1) is 6.92 Å². The van der Waals surface area contributed by atoms with Crippen LogP contribution in [0.5, 0.6) is 0 Å². The Hall–Kier alpha value is -1.06. The van der Waals surface area contributed by atoms with E-state index in [0.29, 0.717) is 0 Å². The van der Waals surface area contributed by atoms with Gasteiger partial charge in [0, 0.05) is 25.3 Å². The Balaban J connectivity index is 2.61. The van der Waals surface area contributed by atoms with Crippen LogP contribution in [0.4, 0.5) is 5.69 Å². The van der Waals surface area contributed by atoms with Crippen LogP contribution >= 0.6 is 0 Å². The number of nitrogens with one attached hydrogen (secondary N) is 1. The number of benzene rings is 1. The molecule has 0 heterocycles. The summed E-state index contributed by atoms with van der Waals surface area (Å²) in [5.41, 5.74) is 4.12. The van der Waals surface area contributed by atoms with E-state index in [1.807, 2.05) is 7.05 Å². The van der Waals surface area contributed by atoms with Crippen molar-refractivity contribution in [3.63, 3.8) is 0 Å². The zero-order valence-corrected chi connectivity index (χ0v) is 14.6. The molecule has 0 aliphatic heterocycles. The molecule has 0 saturated carbocycles. The molecule has 0 atom stereocenters. The third-order valence-corrected chi connectivity index (χ3v) is 4.24. The number of hydrogen-bond donors (Lipinski definition) is 1. The highest BCUT2D eigenvalue weighted by Gasteiger charge is 2.07. The SMILES string of the molecule is CCN(CC)CCCN(CC)c1ccc(CNC)c(C)c1. The van der Waals surface area contributed by atoms with Crippen molar-refractivity contribution >= 4 is 5.69 Å². The van der Waals surface area contributed by atoms with E-state index in [4.69, 9.17) is 0 Å². The van der Waals surface area contributed by atoms with Crippen molar-refractivity contribution in [3.8, 4) is 0 Å². The van der Waals surface area contributed by atoms with E-state index in [1.165, 1.54) is 29.8 Å². The smallest absolute Gasteiger partial charge is 0.0368 e. The molecule has 0 radical (unpaired) electrons. The molecule has 0 saturated heterocycles. The highest BCUT2D eigenvalue weighted by atomic mass is 15.1. The number of rotatable bonds is 10. The lowest BCUT2D eigenvalue weighted by Crippen LogP contribution is -2.30. The molecule has 0 fully saturated rings. The summed E-state index contributed by atoms with van der Waals surface area (Å²) in [4.78, 5) is 4.98. The average molecular weight is 291 g/mol. The second-order valence-electron chi connectivity index (χ2n) is 5.60. The van der Waals surface area contributed by atoms with E-state index in [2.05, 4.69) is 61.0 Å². The van der Waals surface area contributed by atoms with Crippen LogP contribution in [0.25, 0.3) is 0 Å². The van der Waals surface area contributed by atoms with Crippen molar-refractivity contribution in [2.45, 2.75) is 40.7 Å². The minimum atomic E-state index is 0.945. The van der Waals surface area contributed by atoms with Crippen LogP contribution in [-0.4, -0.2) is 44.7 Å². The molecule has 0 amide bonds. The fraction of sp³-hybridized carbons (Fsp3) is 0.667. The Morgan fingerprint density at radius 3 is 2.24 bits per heavy atom. The predicted octanol–water partition coefficient (Wildman–Crippen LogP) is 3.27. The van der Waals surface area contributed by atoms with Crippen molar-refractivity contribution in [3.05, 3.63) is 29.3 Å². The molecule has 0 aliphatic carbocycles. The van der Waals surface area contributed by atoms with Crippen molar-refractivity contribution in [1.82, 2.24) is 10.2 Å². The molecular weight excluding hydrogens is 258 g/mol. The molecule has 0 aliphatic rings. The molecule has 0 aromatic heterocycles. The number of aryl methyl sites for hydroxylation is 1. The zero-order valence-electron chi connectivity index (χ0n) is 14.6. The lowest BCUT2D eigenvalue weighted by Gasteiger charge is -2.26. The summed E-state index contributed by atoms with van der Waals surface area (Å²) in [6.45, 7) is 15.6. The van der Waals surface area contributed by atoms with Gasteiger partial charge in [0.05, 0.1) is 0 Å². The molecule has 3 nitrogen and oxygen atoms in total. The Kier molecular flexibility index (Phi) is 8.40. The van der Waals surface area contributed by atoms with E-state index < -0.39 is 0 Å². The molecule has 0 unspecified atom stereocenters. The molecule has 21 heavy (non-hydrogen) atoms. The van der Waals surface area contributed by atoms with Crippen LogP contribution in [0.3, 0.4) is 0 Å². The van der Waals surface area contributed by atoms with E-state index >= 15 is 0 Å². The summed E-state index contributed by atoms with van der Waals surface area (Å²) in [7, 11) is 2.00. The monoisotopic (exact) mass is 291 g/mol. The molecule has 1 N–H and O–H groups in total. The van der Waals surface area contributed by atoms with Gasteiger partial charge >= 0.3 is 0 Å². The van der Waals surface area contributed by atoms with E-state index in [0.717, 1.165) is 32.7 Å². The van der Waals surface area contributed by atoms with E-state index in [1.54, 1.807) is 0 Å². The van der Waals surface area contributed by atoms with Gasteiger partial charge in [-0.15, -0.1) is 0 Å². The van der Waals surface area contributed by atoms with Gasteiger partial charge in [0.1, 0.15) is 0 Å². The van der Waals surface area contributed by atoms with Crippen LogP contribution in [0.1, 0.15) is 38.3 Å². The molecular formula is C18H33N3. The first-order valence-corrected chi connectivity index (χ1v) is 8.37. The number of anilines is 1. The first kappa shape index (κ1) is 18.0. The number of hydrogen-bond acceptors (Lipinski definition) is 3. The van der Waals surface area contributed by atoms with Gasteiger partial charge in [-0.3, -0.25) is 0 Å². The van der Waals surface area contributed by atoms with Gasteiger partial charge in [-0.1, -0.05) is 19.9 Å². The third kappa shape index (κ3) is 5.68. The van der Waals surface area contributed by atoms with Crippen molar-refractivity contribution in [1.29, 1.82) is 0 Å². The lowest BCUT2D eigenvalue weighted by atomic mass is 10.1. The Bertz CT molecular complexity index is 399. The molecule has 120 valence electrons. The minimum Gasteiger partial charge on any atom is -0.372 e. The van der Waals surface area contributed by atoms with Gasteiger partial charge in [-0.05, 0) is 70.2 Å². The Morgan fingerprint density at radius 1 is 1.00 bits per heavy atom. The summed E-state index contributed by atoms with van der Waals surface area (Å²) in [5, 5.41) is 3.23.